The van der Waals surface area contributed by atoms with Gasteiger partial charge < -0.3 is 4.55 Å². The summed E-state index contributed by atoms with van der Waals surface area (Å²) in [6.45, 7) is 0. The number of rotatable bonds is 2. The van der Waals surface area contributed by atoms with Crippen LogP contribution >= 0.6 is 0 Å². The van der Waals surface area contributed by atoms with Gasteiger partial charge in [-0.05, 0) is 18.4 Å². The molecule has 4 nitrogen and oxygen atoms in total. The summed E-state index contributed by atoms with van der Waals surface area (Å²) in [5.41, 5.74) is 4.93. The molecule has 1 unspecified atom stereocenters. The molecule has 1 aromatic heterocycles. The van der Waals surface area contributed by atoms with Gasteiger partial charge in [0.25, 0.3) is 0 Å². The minimum Gasteiger partial charge on any atom is -0.773 e. The Labute approximate surface area is 139 Å². The van der Waals surface area contributed by atoms with Crippen LogP contribution in [0.25, 0.3) is 22.5 Å². The third-order valence-electron chi connectivity index (χ3n) is 3.56. The average molecular weight is 328 g/mol. The van der Waals surface area contributed by atoms with Gasteiger partial charge in [-0.3, -0.25) is 4.21 Å². The van der Waals surface area contributed by atoms with Crippen LogP contribution in [-0.4, -0.2) is 19.7 Å². The van der Waals surface area contributed by atoms with Crippen molar-refractivity contribution in [3.8, 4) is 22.5 Å². The highest BCUT2D eigenvalue weighted by Gasteiger charge is 2.19. The van der Waals surface area contributed by atoms with Gasteiger partial charge in [0.1, 0.15) is 5.69 Å². The Morgan fingerprint density at radius 3 is 1.87 bits per heavy atom. The van der Waals surface area contributed by atoms with Crippen LogP contribution in [0.5, 0.6) is 0 Å². The van der Waals surface area contributed by atoms with Crippen molar-refractivity contribution in [2.75, 3.05) is 6.26 Å². The zero-order valence-corrected chi connectivity index (χ0v) is 14.3. The first-order chi connectivity index (χ1) is 11.0. The van der Waals surface area contributed by atoms with E-state index in [4.69, 9.17) is 8.76 Å². The van der Waals surface area contributed by atoms with E-state index in [0.29, 0.717) is 0 Å². The molecule has 0 saturated carbocycles. The molecule has 0 amide bonds. The first kappa shape index (κ1) is 17.1. The van der Waals surface area contributed by atoms with Gasteiger partial charge in [-0.15, -0.1) is 4.68 Å². The third-order valence-corrected chi connectivity index (χ3v) is 3.56. The molecule has 120 valence electrons. The van der Waals surface area contributed by atoms with Gasteiger partial charge in [-0.25, -0.2) is 0 Å². The summed E-state index contributed by atoms with van der Waals surface area (Å²) in [4.78, 5) is 0. The van der Waals surface area contributed by atoms with Crippen LogP contribution in [0.2, 0.25) is 0 Å². The molecule has 0 aliphatic carbocycles. The van der Waals surface area contributed by atoms with Crippen LogP contribution in [0.1, 0.15) is 0 Å². The molecular formula is C18H20N2O2S. The fraction of sp³-hybridized carbons (Fsp3) is 0.167. The lowest BCUT2D eigenvalue weighted by molar-refractivity contribution is -0.740. The van der Waals surface area contributed by atoms with E-state index in [9.17, 15) is 0 Å². The minimum absolute atomic E-state index is 1.08. The summed E-state index contributed by atoms with van der Waals surface area (Å²) in [6.07, 6.45) is 1.08. The van der Waals surface area contributed by atoms with Crippen molar-refractivity contribution >= 4 is 11.1 Å². The Hall–Kier alpha value is -2.24. The van der Waals surface area contributed by atoms with E-state index in [1.165, 1.54) is 22.5 Å². The molecule has 1 heterocycles. The highest BCUT2D eigenvalue weighted by molar-refractivity contribution is 7.78. The highest BCUT2D eigenvalue weighted by Crippen LogP contribution is 2.23. The normalized spacial score (nSPS) is 11.5. The number of aromatic nitrogens is 2. The van der Waals surface area contributed by atoms with Crippen molar-refractivity contribution in [2.45, 2.75) is 0 Å². The summed E-state index contributed by atoms with van der Waals surface area (Å²) < 4.78 is 22.4. The second-order valence-electron chi connectivity index (χ2n) is 5.10. The summed E-state index contributed by atoms with van der Waals surface area (Å²) in [7, 11) is 4.18. The summed E-state index contributed by atoms with van der Waals surface area (Å²) in [5, 5.41) is 0. The van der Waals surface area contributed by atoms with Crippen LogP contribution in [0.4, 0.5) is 0 Å². The number of hydrogen-bond donors (Lipinski definition) is 0. The van der Waals surface area contributed by atoms with Crippen LogP contribution in [-0.2, 0) is 25.2 Å². The maximum atomic E-state index is 9.00. The molecular weight excluding hydrogens is 308 g/mol. The van der Waals surface area contributed by atoms with Crippen molar-refractivity contribution in [1.29, 1.82) is 0 Å². The lowest BCUT2D eigenvalue weighted by Crippen LogP contribution is -2.39. The number of benzene rings is 2. The largest absolute Gasteiger partial charge is 0.773 e. The fourth-order valence-corrected chi connectivity index (χ4v) is 2.40. The molecule has 0 bridgehead atoms. The molecule has 0 aliphatic heterocycles. The van der Waals surface area contributed by atoms with Gasteiger partial charge in [-0.1, -0.05) is 59.6 Å². The molecule has 0 aliphatic rings. The SMILES string of the molecule is CS(=O)[O-].Cn1c(-c2ccccc2)cc(-c2ccccc2)[n+]1C. The van der Waals surface area contributed by atoms with Crippen molar-refractivity contribution in [3.05, 3.63) is 66.7 Å². The quantitative estimate of drug-likeness (QED) is 0.536. The van der Waals surface area contributed by atoms with E-state index in [2.05, 4.69) is 78.1 Å². The van der Waals surface area contributed by atoms with Gasteiger partial charge in [0.2, 0.25) is 5.69 Å². The zero-order valence-electron chi connectivity index (χ0n) is 13.5. The van der Waals surface area contributed by atoms with Gasteiger partial charge in [0, 0.05) is 17.2 Å². The maximum absolute atomic E-state index is 9.00. The van der Waals surface area contributed by atoms with E-state index >= 15 is 0 Å². The topological polar surface area (TPSA) is 48.9 Å². The Kier molecular flexibility index (Phi) is 5.84. The van der Waals surface area contributed by atoms with E-state index < -0.39 is 11.1 Å². The lowest BCUT2D eigenvalue weighted by Gasteiger charge is -1.99. The zero-order chi connectivity index (χ0) is 16.8. The van der Waals surface area contributed by atoms with Crippen molar-refractivity contribution in [1.82, 2.24) is 4.68 Å². The molecule has 0 saturated heterocycles. The average Bonchev–Trinajstić information content (AvgIpc) is 2.85. The van der Waals surface area contributed by atoms with Gasteiger partial charge in [0.15, 0.2) is 7.05 Å². The van der Waals surface area contributed by atoms with E-state index in [1.807, 2.05) is 12.1 Å². The van der Waals surface area contributed by atoms with Crippen LogP contribution in [0, 0.1) is 0 Å². The fourth-order valence-electron chi connectivity index (χ4n) is 2.40. The van der Waals surface area contributed by atoms with Gasteiger partial charge in [-0.2, -0.15) is 4.68 Å². The second-order valence-corrected chi connectivity index (χ2v) is 5.90. The summed E-state index contributed by atoms with van der Waals surface area (Å²) in [5.74, 6) is 0. The third kappa shape index (κ3) is 4.37. The van der Waals surface area contributed by atoms with Crippen molar-refractivity contribution in [2.24, 2.45) is 14.1 Å². The molecule has 3 aromatic rings. The van der Waals surface area contributed by atoms with Gasteiger partial charge >= 0.3 is 0 Å². The molecule has 23 heavy (non-hydrogen) atoms. The summed E-state index contributed by atoms with van der Waals surface area (Å²) >= 11 is -1.86. The van der Waals surface area contributed by atoms with E-state index in [1.54, 1.807) is 0 Å². The van der Waals surface area contributed by atoms with Crippen molar-refractivity contribution < 1.29 is 13.4 Å². The molecule has 0 fully saturated rings. The standard InChI is InChI=1S/C17H17N2.CH4O2S/c1-18-16(14-9-5-3-6-10-14)13-17(19(18)2)15-11-7-4-8-12-15;1-4(2)3/h3-13H,1-2H3;1H3,(H,2,3)/q+1;/p-1. The maximum Gasteiger partial charge on any atom is 0.238 e. The lowest BCUT2D eigenvalue weighted by atomic mass is 10.1. The first-order valence-electron chi connectivity index (χ1n) is 7.18. The van der Waals surface area contributed by atoms with Crippen molar-refractivity contribution in [3.63, 3.8) is 0 Å². The molecule has 5 heteroatoms. The Morgan fingerprint density at radius 1 is 0.957 bits per heavy atom. The predicted octanol–water partition coefficient (Wildman–Crippen LogP) is 2.68. The number of nitrogens with zero attached hydrogens (tertiary/aromatic N) is 2. The molecule has 2 aromatic carbocycles. The molecule has 0 radical (unpaired) electrons. The minimum atomic E-state index is -1.86. The Morgan fingerprint density at radius 2 is 1.39 bits per heavy atom. The molecule has 3 rings (SSSR count). The molecule has 1 atom stereocenters. The van der Waals surface area contributed by atoms with E-state index in [0.717, 1.165) is 6.26 Å². The smallest absolute Gasteiger partial charge is 0.238 e. The van der Waals surface area contributed by atoms with Crippen LogP contribution in [0.3, 0.4) is 0 Å². The summed E-state index contributed by atoms with van der Waals surface area (Å²) in [6, 6.07) is 23.2. The van der Waals surface area contributed by atoms with Crippen LogP contribution < -0.4 is 4.68 Å². The Bertz CT molecular complexity index is 720. The Balaban J connectivity index is 0.000000433. The highest BCUT2D eigenvalue weighted by atomic mass is 32.2. The monoisotopic (exact) mass is 328 g/mol. The molecule has 0 spiro atoms. The number of hydrogen-bond acceptors (Lipinski definition) is 2. The molecule has 0 N–H and O–H groups in total. The van der Waals surface area contributed by atoms with Gasteiger partial charge in [0.05, 0.1) is 7.05 Å². The van der Waals surface area contributed by atoms with Crippen LogP contribution in [0.15, 0.2) is 66.7 Å². The second kappa shape index (κ2) is 7.85. The predicted molar refractivity (Wildman–Crippen MR) is 92.3 cm³/mol. The first-order valence-corrected chi connectivity index (χ1v) is 8.67. The van der Waals surface area contributed by atoms with E-state index in [-0.39, 0.29) is 0 Å².